The van der Waals surface area contributed by atoms with E-state index in [0.29, 0.717) is 16.0 Å². The van der Waals surface area contributed by atoms with Crippen LogP contribution in [0.15, 0.2) is 16.9 Å². The Kier molecular flexibility index (Phi) is 3.86. The number of halogens is 1. The zero-order chi connectivity index (χ0) is 15.0. The molecule has 0 aliphatic heterocycles. The molecule has 0 aliphatic rings. The van der Waals surface area contributed by atoms with E-state index in [4.69, 9.17) is 16.7 Å². The first-order valence-corrected chi connectivity index (χ1v) is 6.71. The lowest BCUT2D eigenvalue weighted by Crippen LogP contribution is -2.19. The van der Waals surface area contributed by atoms with E-state index in [0.717, 1.165) is 16.8 Å². The largest absolute Gasteiger partial charge is 0.481 e. The van der Waals surface area contributed by atoms with Gasteiger partial charge < -0.3 is 9.67 Å². The number of carboxylic acids is 1. The molecule has 1 heterocycles. The maximum Gasteiger partial charge on any atom is 0.303 e. The molecule has 20 heavy (non-hydrogen) atoms. The second kappa shape index (κ2) is 5.29. The van der Waals surface area contributed by atoms with Crippen LogP contribution in [0.1, 0.15) is 23.2 Å². The van der Waals surface area contributed by atoms with Gasteiger partial charge in [-0.2, -0.15) is 0 Å². The summed E-state index contributed by atoms with van der Waals surface area (Å²) in [6.07, 6.45) is 0.152. The lowest BCUT2D eigenvalue weighted by atomic mass is 10.0. The summed E-state index contributed by atoms with van der Waals surface area (Å²) in [7, 11) is 1.87. The van der Waals surface area contributed by atoms with Crippen LogP contribution in [0, 0.1) is 13.8 Å². The molecule has 0 fully saturated rings. The second-order valence-corrected chi connectivity index (χ2v) is 5.34. The Labute approximate surface area is 121 Å². The zero-order valence-corrected chi connectivity index (χ0v) is 12.4. The summed E-state index contributed by atoms with van der Waals surface area (Å²) in [5.41, 5.74) is 2.92. The quantitative estimate of drug-likeness (QED) is 0.946. The molecule has 1 aromatic carbocycles. The molecule has 0 unspecified atom stereocenters. The second-order valence-electron chi connectivity index (χ2n) is 4.93. The fraction of sp³-hybridized carbons (Fsp3) is 0.333. The standard InChI is InChI=1S/C15H16ClNO3/c1-8-4-6-11(16)13-14(8)17(3)9(2)10(15(13)20)5-7-12(18)19/h4,6H,5,7H2,1-3H3,(H,18,19). The van der Waals surface area contributed by atoms with Crippen LogP contribution >= 0.6 is 11.6 Å². The highest BCUT2D eigenvalue weighted by atomic mass is 35.5. The van der Waals surface area contributed by atoms with E-state index in [1.165, 1.54) is 0 Å². The number of rotatable bonds is 3. The topological polar surface area (TPSA) is 59.3 Å². The predicted octanol–water partition coefficient (Wildman–Crippen LogP) is 2.83. The molecular formula is C15H16ClNO3. The predicted molar refractivity (Wildman–Crippen MR) is 79.6 cm³/mol. The summed E-state index contributed by atoms with van der Waals surface area (Å²) in [4.78, 5) is 23.3. The molecule has 0 aliphatic carbocycles. The number of hydrogen-bond acceptors (Lipinski definition) is 2. The van der Waals surface area contributed by atoms with Gasteiger partial charge >= 0.3 is 5.97 Å². The first kappa shape index (κ1) is 14.6. The van der Waals surface area contributed by atoms with Crippen molar-refractivity contribution in [2.75, 3.05) is 0 Å². The molecule has 0 bridgehead atoms. The fourth-order valence-corrected chi connectivity index (χ4v) is 2.77. The number of carboxylic acid groups (broad SMARTS) is 1. The minimum absolute atomic E-state index is 0.0645. The minimum Gasteiger partial charge on any atom is -0.481 e. The number of fused-ring (bicyclic) bond motifs is 1. The minimum atomic E-state index is -0.915. The third-order valence-electron chi connectivity index (χ3n) is 3.69. The van der Waals surface area contributed by atoms with E-state index in [-0.39, 0.29) is 18.3 Å². The summed E-state index contributed by atoms with van der Waals surface area (Å²) in [5, 5.41) is 9.68. The smallest absolute Gasteiger partial charge is 0.303 e. The summed E-state index contributed by atoms with van der Waals surface area (Å²) in [5.74, 6) is -0.915. The molecule has 0 amide bonds. The van der Waals surface area contributed by atoms with Crippen molar-refractivity contribution in [2.45, 2.75) is 26.7 Å². The highest BCUT2D eigenvalue weighted by Gasteiger charge is 2.16. The van der Waals surface area contributed by atoms with Gasteiger partial charge in [-0.05, 0) is 31.9 Å². The summed E-state index contributed by atoms with van der Waals surface area (Å²) >= 11 is 6.16. The van der Waals surface area contributed by atoms with Gasteiger partial charge in [0, 0.05) is 24.7 Å². The number of carbonyl (C=O) groups is 1. The number of pyridine rings is 1. The van der Waals surface area contributed by atoms with Crippen molar-refractivity contribution in [2.24, 2.45) is 7.05 Å². The van der Waals surface area contributed by atoms with Gasteiger partial charge in [0.05, 0.1) is 15.9 Å². The average molecular weight is 294 g/mol. The van der Waals surface area contributed by atoms with Crippen LogP contribution in [0.3, 0.4) is 0 Å². The van der Waals surface area contributed by atoms with Crippen molar-refractivity contribution in [3.63, 3.8) is 0 Å². The lowest BCUT2D eigenvalue weighted by Gasteiger charge is -2.16. The number of aryl methyl sites for hydroxylation is 2. The van der Waals surface area contributed by atoms with Gasteiger partial charge in [-0.3, -0.25) is 9.59 Å². The van der Waals surface area contributed by atoms with E-state index in [1.54, 1.807) is 6.07 Å². The first-order valence-electron chi connectivity index (χ1n) is 6.33. The molecule has 1 aromatic heterocycles. The van der Waals surface area contributed by atoms with Crippen LogP contribution in [0.25, 0.3) is 10.9 Å². The van der Waals surface area contributed by atoms with Crippen molar-refractivity contribution in [1.29, 1.82) is 0 Å². The Morgan fingerprint density at radius 2 is 2.00 bits per heavy atom. The molecule has 0 saturated carbocycles. The number of aliphatic carboxylic acids is 1. The molecular weight excluding hydrogens is 278 g/mol. The molecule has 2 rings (SSSR count). The molecule has 0 radical (unpaired) electrons. The van der Waals surface area contributed by atoms with Crippen LogP contribution in [-0.2, 0) is 18.3 Å². The van der Waals surface area contributed by atoms with Crippen LogP contribution < -0.4 is 5.43 Å². The van der Waals surface area contributed by atoms with Gasteiger partial charge in [0.25, 0.3) is 0 Å². The number of nitrogens with zero attached hydrogens (tertiary/aromatic N) is 1. The molecule has 0 spiro atoms. The molecule has 106 valence electrons. The summed E-state index contributed by atoms with van der Waals surface area (Å²) in [6, 6.07) is 3.58. The maximum absolute atomic E-state index is 12.6. The van der Waals surface area contributed by atoms with Crippen LogP contribution in [0.2, 0.25) is 5.02 Å². The monoisotopic (exact) mass is 293 g/mol. The normalized spacial score (nSPS) is 11.0. The van der Waals surface area contributed by atoms with E-state index < -0.39 is 5.97 Å². The average Bonchev–Trinajstić information content (AvgIpc) is 2.38. The highest BCUT2D eigenvalue weighted by molar-refractivity contribution is 6.35. The van der Waals surface area contributed by atoms with E-state index in [2.05, 4.69) is 0 Å². The molecule has 5 heteroatoms. The third kappa shape index (κ3) is 2.31. The highest BCUT2D eigenvalue weighted by Crippen LogP contribution is 2.25. The SMILES string of the molecule is Cc1ccc(Cl)c2c(=O)c(CCC(=O)O)c(C)n(C)c12. The molecule has 0 saturated heterocycles. The number of aromatic nitrogens is 1. The van der Waals surface area contributed by atoms with Crippen molar-refractivity contribution in [1.82, 2.24) is 4.57 Å². The Morgan fingerprint density at radius 3 is 2.60 bits per heavy atom. The van der Waals surface area contributed by atoms with Crippen LogP contribution in [0.4, 0.5) is 0 Å². The molecule has 1 N–H and O–H groups in total. The summed E-state index contributed by atoms with van der Waals surface area (Å²) in [6.45, 7) is 3.76. The number of hydrogen-bond donors (Lipinski definition) is 1. The first-order chi connectivity index (χ1) is 9.34. The Bertz CT molecular complexity index is 762. The molecule has 2 aromatic rings. The number of benzene rings is 1. The van der Waals surface area contributed by atoms with Crippen LogP contribution in [0.5, 0.6) is 0 Å². The van der Waals surface area contributed by atoms with E-state index >= 15 is 0 Å². The van der Waals surface area contributed by atoms with Crippen molar-refractivity contribution in [3.05, 3.63) is 44.2 Å². The van der Waals surface area contributed by atoms with Crippen LogP contribution in [-0.4, -0.2) is 15.6 Å². The molecule has 4 nitrogen and oxygen atoms in total. The Hall–Kier alpha value is -1.81. The van der Waals surface area contributed by atoms with Crippen molar-refractivity contribution < 1.29 is 9.90 Å². The Balaban J connectivity index is 2.83. The van der Waals surface area contributed by atoms with E-state index in [9.17, 15) is 9.59 Å². The van der Waals surface area contributed by atoms with Gasteiger partial charge in [-0.15, -0.1) is 0 Å². The van der Waals surface area contributed by atoms with Gasteiger partial charge in [-0.1, -0.05) is 17.7 Å². The van der Waals surface area contributed by atoms with Crippen molar-refractivity contribution in [3.8, 4) is 0 Å². The maximum atomic E-state index is 12.6. The molecule has 0 atom stereocenters. The zero-order valence-electron chi connectivity index (χ0n) is 11.7. The van der Waals surface area contributed by atoms with Gasteiger partial charge in [0.1, 0.15) is 0 Å². The van der Waals surface area contributed by atoms with Gasteiger partial charge in [-0.25, -0.2) is 0 Å². The third-order valence-corrected chi connectivity index (χ3v) is 4.01. The lowest BCUT2D eigenvalue weighted by molar-refractivity contribution is -0.136. The fourth-order valence-electron chi connectivity index (χ4n) is 2.53. The van der Waals surface area contributed by atoms with Gasteiger partial charge in [0.2, 0.25) is 0 Å². The Morgan fingerprint density at radius 1 is 1.35 bits per heavy atom. The van der Waals surface area contributed by atoms with E-state index in [1.807, 2.05) is 31.5 Å². The van der Waals surface area contributed by atoms with Gasteiger partial charge in [0.15, 0.2) is 5.43 Å². The summed E-state index contributed by atoms with van der Waals surface area (Å²) < 4.78 is 1.91. The van der Waals surface area contributed by atoms with Crippen molar-refractivity contribution >= 4 is 28.5 Å².